The first-order valence-corrected chi connectivity index (χ1v) is 12.3. The number of hydrogen-bond acceptors (Lipinski definition) is 4. The standard InChI is InChI=1S/C27H22N2O4S/c30-27(28-24-11-5-7-13-26(24)33-22-9-2-1-3-10-22)21-14-16-23(17-15-21)34(31,32)29-19-18-20-8-4-6-12-25(20)29/h1-17H,18-19H2,(H,28,30). The highest BCUT2D eigenvalue weighted by atomic mass is 32.2. The van der Waals surface area contributed by atoms with E-state index in [2.05, 4.69) is 5.32 Å². The molecule has 1 aliphatic heterocycles. The summed E-state index contributed by atoms with van der Waals surface area (Å²) < 4.78 is 33.7. The lowest BCUT2D eigenvalue weighted by Gasteiger charge is -2.19. The van der Waals surface area contributed by atoms with Crippen LogP contribution < -0.4 is 14.4 Å². The predicted molar refractivity (Wildman–Crippen MR) is 132 cm³/mol. The molecule has 4 aromatic carbocycles. The Balaban J connectivity index is 1.33. The number of para-hydroxylation sites is 4. The van der Waals surface area contributed by atoms with Crippen LogP contribution in [0.3, 0.4) is 0 Å². The van der Waals surface area contributed by atoms with Crippen molar-refractivity contribution in [2.24, 2.45) is 0 Å². The predicted octanol–water partition coefficient (Wildman–Crippen LogP) is 5.48. The van der Waals surface area contributed by atoms with Crippen molar-refractivity contribution in [2.45, 2.75) is 11.3 Å². The van der Waals surface area contributed by atoms with Gasteiger partial charge in [-0.05, 0) is 66.6 Å². The Labute approximate surface area is 198 Å². The number of ether oxygens (including phenoxy) is 1. The number of hydrogen-bond donors (Lipinski definition) is 1. The van der Waals surface area contributed by atoms with Gasteiger partial charge in [0.05, 0.1) is 16.3 Å². The van der Waals surface area contributed by atoms with E-state index in [9.17, 15) is 13.2 Å². The molecule has 1 heterocycles. The highest BCUT2D eigenvalue weighted by Crippen LogP contribution is 2.33. The van der Waals surface area contributed by atoms with Crippen molar-refractivity contribution >= 4 is 27.3 Å². The smallest absolute Gasteiger partial charge is 0.264 e. The molecule has 0 aliphatic carbocycles. The number of nitrogens with zero attached hydrogens (tertiary/aromatic N) is 1. The Hall–Kier alpha value is -4.10. The van der Waals surface area contributed by atoms with Crippen LogP contribution in [0.1, 0.15) is 15.9 Å². The van der Waals surface area contributed by atoms with E-state index >= 15 is 0 Å². The monoisotopic (exact) mass is 470 g/mol. The maximum absolute atomic E-state index is 13.2. The molecule has 170 valence electrons. The summed E-state index contributed by atoms with van der Waals surface area (Å²) in [5, 5.41) is 2.85. The Morgan fingerprint density at radius 1 is 0.794 bits per heavy atom. The molecule has 1 N–H and O–H groups in total. The van der Waals surface area contributed by atoms with Crippen molar-refractivity contribution in [3.63, 3.8) is 0 Å². The number of sulfonamides is 1. The minimum atomic E-state index is -3.71. The molecule has 0 bridgehead atoms. The summed E-state index contributed by atoms with van der Waals surface area (Å²) in [5.74, 6) is 0.802. The molecule has 0 aromatic heterocycles. The van der Waals surface area contributed by atoms with Gasteiger partial charge in [0, 0.05) is 12.1 Å². The highest BCUT2D eigenvalue weighted by Gasteiger charge is 2.30. The summed E-state index contributed by atoms with van der Waals surface area (Å²) in [6.07, 6.45) is 0.681. The summed E-state index contributed by atoms with van der Waals surface area (Å²) in [5.41, 5.74) is 2.58. The molecule has 0 unspecified atom stereocenters. The number of rotatable bonds is 6. The first kappa shape index (κ1) is 21.7. The molecule has 0 spiro atoms. The molecule has 34 heavy (non-hydrogen) atoms. The van der Waals surface area contributed by atoms with Crippen LogP contribution >= 0.6 is 0 Å². The molecular formula is C27H22N2O4S. The maximum Gasteiger partial charge on any atom is 0.264 e. The second-order valence-corrected chi connectivity index (χ2v) is 9.71. The molecule has 0 fully saturated rings. The lowest BCUT2D eigenvalue weighted by Crippen LogP contribution is -2.29. The lowest BCUT2D eigenvalue weighted by atomic mass is 10.2. The van der Waals surface area contributed by atoms with Crippen molar-refractivity contribution in [2.75, 3.05) is 16.2 Å². The van der Waals surface area contributed by atoms with Crippen LogP contribution in [-0.2, 0) is 16.4 Å². The maximum atomic E-state index is 13.2. The van der Waals surface area contributed by atoms with Crippen molar-refractivity contribution in [3.8, 4) is 11.5 Å². The SMILES string of the molecule is O=C(Nc1ccccc1Oc1ccccc1)c1ccc(S(=O)(=O)N2CCc3ccccc32)cc1. The number of fused-ring (bicyclic) bond motifs is 1. The van der Waals surface area contributed by atoms with E-state index in [0.717, 1.165) is 5.56 Å². The molecular weight excluding hydrogens is 448 g/mol. The Morgan fingerprint density at radius 2 is 1.47 bits per heavy atom. The van der Waals surface area contributed by atoms with E-state index in [1.54, 1.807) is 18.2 Å². The zero-order valence-electron chi connectivity index (χ0n) is 18.2. The van der Waals surface area contributed by atoms with Gasteiger partial charge in [0.2, 0.25) is 0 Å². The van der Waals surface area contributed by atoms with Crippen molar-refractivity contribution in [3.05, 3.63) is 114 Å². The van der Waals surface area contributed by atoms with Crippen LogP contribution in [0.15, 0.2) is 108 Å². The quantitative estimate of drug-likeness (QED) is 0.405. The summed E-state index contributed by atoms with van der Waals surface area (Å²) in [6.45, 7) is 0.405. The van der Waals surface area contributed by atoms with Crippen molar-refractivity contribution < 1.29 is 17.9 Å². The van der Waals surface area contributed by atoms with Gasteiger partial charge in [-0.3, -0.25) is 9.10 Å². The molecule has 0 saturated heterocycles. The minimum absolute atomic E-state index is 0.147. The van der Waals surface area contributed by atoms with Crippen LogP contribution in [0.5, 0.6) is 11.5 Å². The third kappa shape index (κ3) is 4.25. The minimum Gasteiger partial charge on any atom is -0.455 e. The molecule has 0 radical (unpaired) electrons. The fourth-order valence-corrected chi connectivity index (χ4v) is 5.44. The van der Waals surface area contributed by atoms with Crippen LogP contribution in [0, 0.1) is 0 Å². The van der Waals surface area contributed by atoms with Gasteiger partial charge in [0.25, 0.3) is 15.9 Å². The third-order valence-corrected chi connectivity index (χ3v) is 7.48. The number of benzene rings is 4. The van der Waals surface area contributed by atoms with Gasteiger partial charge in [-0.15, -0.1) is 0 Å². The largest absolute Gasteiger partial charge is 0.455 e. The number of nitrogens with one attached hydrogen (secondary N) is 1. The highest BCUT2D eigenvalue weighted by molar-refractivity contribution is 7.92. The van der Waals surface area contributed by atoms with Crippen LogP contribution in [0.2, 0.25) is 0 Å². The second-order valence-electron chi connectivity index (χ2n) is 7.85. The van der Waals surface area contributed by atoms with Crippen molar-refractivity contribution in [1.29, 1.82) is 0 Å². The third-order valence-electron chi connectivity index (χ3n) is 5.66. The van der Waals surface area contributed by atoms with Crippen molar-refractivity contribution in [1.82, 2.24) is 0 Å². The van der Waals surface area contributed by atoms with Gasteiger partial charge >= 0.3 is 0 Å². The molecule has 1 aliphatic rings. The lowest BCUT2D eigenvalue weighted by molar-refractivity contribution is 0.102. The zero-order valence-corrected chi connectivity index (χ0v) is 19.0. The average molecular weight is 471 g/mol. The molecule has 4 aromatic rings. The summed E-state index contributed by atoms with van der Waals surface area (Å²) in [7, 11) is -3.71. The molecule has 6 nitrogen and oxygen atoms in total. The Kier molecular flexibility index (Phi) is 5.77. The average Bonchev–Trinajstić information content (AvgIpc) is 3.31. The van der Waals surface area contributed by atoms with Crippen LogP contribution in [0.4, 0.5) is 11.4 Å². The Morgan fingerprint density at radius 3 is 2.26 bits per heavy atom. The number of carbonyl (C=O) groups is 1. The van der Waals surface area contributed by atoms with E-state index in [1.165, 1.54) is 28.6 Å². The van der Waals surface area contributed by atoms with E-state index in [4.69, 9.17) is 4.74 Å². The molecule has 5 rings (SSSR count). The summed E-state index contributed by atoms with van der Waals surface area (Å²) >= 11 is 0. The first-order valence-electron chi connectivity index (χ1n) is 10.9. The summed E-state index contributed by atoms with van der Waals surface area (Å²) in [4.78, 5) is 13.0. The van der Waals surface area contributed by atoms with Gasteiger partial charge in [-0.2, -0.15) is 0 Å². The molecule has 0 atom stereocenters. The van der Waals surface area contributed by atoms with E-state index < -0.39 is 10.0 Å². The van der Waals surface area contributed by atoms with E-state index in [1.807, 2.05) is 60.7 Å². The van der Waals surface area contributed by atoms with E-state index in [-0.39, 0.29) is 10.8 Å². The van der Waals surface area contributed by atoms with Gasteiger partial charge in [0.15, 0.2) is 5.75 Å². The molecule has 1 amide bonds. The number of anilines is 2. The Bertz CT molecular complexity index is 1440. The second kappa shape index (κ2) is 9.03. The molecule has 0 saturated carbocycles. The van der Waals surface area contributed by atoms with Crippen LogP contribution in [-0.4, -0.2) is 20.9 Å². The number of carbonyl (C=O) groups excluding carboxylic acids is 1. The summed E-state index contributed by atoms with van der Waals surface area (Å²) in [6, 6.07) is 29.9. The number of amides is 1. The fourth-order valence-electron chi connectivity index (χ4n) is 3.93. The van der Waals surface area contributed by atoms with Gasteiger partial charge in [-0.25, -0.2) is 8.42 Å². The topological polar surface area (TPSA) is 75.7 Å². The fraction of sp³-hybridized carbons (Fsp3) is 0.0741. The van der Waals surface area contributed by atoms with Gasteiger partial charge < -0.3 is 10.1 Å². The zero-order chi connectivity index (χ0) is 23.5. The van der Waals surface area contributed by atoms with Crippen LogP contribution in [0.25, 0.3) is 0 Å². The first-order chi connectivity index (χ1) is 16.5. The van der Waals surface area contributed by atoms with Gasteiger partial charge in [-0.1, -0.05) is 48.5 Å². The normalized spacial score (nSPS) is 12.8. The molecule has 7 heteroatoms. The van der Waals surface area contributed by atoms with Gasteiger partial charge in [0.1, 0.15) is 5.75 Å². The van der Waals surface area contributed by atoms with E-state index in [0.29, 0.717) is 41.4 Å².